The highest BCUT2D eigenvalue weighted by Crippen LogP contribution is 2.43. The first-order valence-electron chi connectivity index (χ1n) is 10.4. The quantitative estimate of drug-likeness (QED) is 0.798. The van der Waals surface area contributed by atoms with Crippen LogP contribution in [0.25, 0.3) is 0 Å². The van der Waals surface area contributed by atoms with Crippen LogP contribution in [0.15, 0.2) is 35.2 Å². The van der Waals surface area contributed by atoms with Crippen LogP contribution in [0.3, 0.4) is 0 Å². The summed E-state index contributed by atoms with van der Waals surface area (Å²) in [5.74, 6) is 1.48. The lowest BCUT2D eigenvalue weighted by Gasteiger charge is -2.57. The van der Waals surface area contributed by atoms with Gasteiger partial charge in [-0.1, -0.05) is 24.6 Å². The standard InChI is InChI=1S/C21H30N2O2S/c24-26(25,18-6-2-1-3-7-18)19-9-11-23-14-16-12-17(21(23)13-19)15-22-10-5-4-8-20(16)22/h1-3,6-7,16-17,19-21H,4-5,8-15H2/t16-,17+,19?,20+,21-/m0/s1. The third kappa shape index (κ3) is 2.83. The molecule has 26 heavy (non-hydrogen) atoms. The van der Waals surface area contributed by atoms with Gasteiger partial charge < -0.3 is 0 Å². The monoisotopic (exact) mass is 374 g/mol. The molecule has 1 aromatic carbocycles. The van der Waals surface area contributed by atoms with Crippen LogP contribution >= 0.6 is 0 Å². The Morgan fingerprint density at radius 1 is 0.808 bits per heavy atom. The van der Waals surface area contributed by atoms with E-state index in [2.05, 4.69) is 9.80 Å². The average Bonchev–Trinajstić information content (AvgIpc) is 2.68. The number of sulfone groups is 1. The number of fused-ring (bicyclic) bond motifs is 6. The van der Waals surface area contributed by atoms with Crippen LogP contribution in [-0.4, -0.2) is 61.7 Å². The number of hydrogen-bond donors (Lipinski definition) is 0. The molecule has 4 aliphatic heterocycles. The molecule has 5 heteroatoms. The van der Waals surface area contributed by atoms with Crippen LogP contribution in [0.4, 0.5) is 0 Å². The molecule has 142 valence electrons. The maximum Gasteiger partial charge on any atom is 0.181 e. The third-order valence-electron chi connectivity index (χ3n) is 7.52. The largest absolute Gasteiger partial charge is 0.300 e. The van der Waals surface area contributed by atoms with E-state index < -0.39 is 9.84 Å². The Hall–Kier alpha value is -0.910. The Morgan fingerprint density at radius 2 is 1.54 bits per heavy atom. The van der Waals surface area contributed by atoms with Gasteiger partial charge in [-0.15, -0.1) is 0 Å². The second kappa shape index (κ2) is 6.61. The van der Waals surface area contributed by atoms with E-state index in [1.165, 1.54) is 45.3 Å². The van der Waals surface area contributed by atoms with Crippen molar-refractivity contribution in [2.24, 2.45) is 11.8 Å². The van der Waals surface area contributed by atoms with Crippen molar-refractivity contribution in [1.82, 2.24) is 9.80 Å². The van der Waals surface area contributed by atoms with Gasteiger partial charge in [-0.25, -0.2) is 8.42 Å². The molecule has 1 unspecified atom stereocenters. The van der Waals surface area contributed by atoms with E-state index in [1.54, 1.807) is 12.1 Å². The minimum absolute atomic E-state index is 0.207. The summed E-state index contributed by atoms with van der Waals surface area (Å²) in [6.45, 7) is 4.61. The molecule has 4 saturated heterocycles. The SMILES string of the molecule is O=S(=O)(c1ccccc1)C1CCN2C[C@@H]3C[C@H](CN4CCCC[C@H]34)[C@@H]2C1. The summed E-state index contributed by atoms with van der Waals surface area (Å²) in [5.41, 5.74) is 0. The second-order valence-electron chi connectivity index (χ2n) is 8.88. The summed E-state index contributed by atoms with van der Waals surface area (Å²) in [6.07, 6.45) is 7.05. The molecule has 4 fully saturated rings. The number of rotatable bonds is 2. The van der Waals surface area contributed by atoms with Gasteiger partial charge in [0.05, 0.1) is 10.1 Å². The lowest BCUT2D eigenvalue weighted by Crippen LogP contribution is -2.64. The summed E-state index contributed by atoms with van der Waals surface area (Å²) in [5, 5.41) is -0.207. The smallest absolute Gasteiger partial charge is 0.181 e. The first-order chi connectivity index (χ1) is 12.6. The number of benzene rings is 1. The van der Waals surface area contributed by atoms with E-state index in [0.717, 1.165) is 31.3 Å². The van der Waals surface area contributed by atoms with Gasteiger partial charge in [-0.3, -0.25) is 9.80 Å². The Labute approximate surface area is 157 Å². The fraction of sp³-hybridized carbons (Fsp3) is 0.714. The summed E-state index contributed by atoms with van der Waals surface area (Å²) in [4.78, 5) is 5.91. The number of hydrogen-bond acceptors (Lipinski definition) is 4. The first-order valence-corrected chi connectivity index (χ1v) is 11.9. The number of nitrogens with zero attached hydrogens (tertiary/aromatic N) is 2. The van der Waals surface area contributed by atoms with Crippen LogP contribution in [0.1, 0.15) is 38.5 Å². The molecule has 5 atom stereocenters. The Balaban J connectivity index is 1.36. The van der Waals surface area contributed by atoms with E-state index >= 15 is 0 Å². The van der Waals surface area contributed by atoms with Gasteiger partial charge in [0.15, 0.2) is 9.84 Å². The van der Waals surface area contributed by atoms with Gasteiger partial charge in [-0.2, -0.15) is 0 Å². The maximum atomic E-state index is 13.1. The maximum absolute atomic E-state index is 13.1. The molecule has 0 aromatic heterocycles. The van der Waals surface area contributed by atoms with Crippen LogP contribution < -0.4 is 0 Å². The zero-order valence-corrected chi connectivity index (χ0v) is 16.3. The molecule has 4 heterocycles. The molecule has 2 bridgehead atoms. The highest BCUT2D eigenvalue weighted by atomic mass is 32.2. The summed E-state index contributed by atoms with van der Waals surface area (Å²) >= 11 is 0. The topological polar surface area (TPSA) is 40.6 Å². The highest BCUT2D eigenvalue weighted by Gasteiger charge is 2.49. The molecule has 0 amide bonds. The fourth-order valence-electron chi connectivity index (χ4n) is 6.29. The van der Waals surface area contributed by atoms with Crippen molar-refractivity contribution in [3.8, 4) is 0 Å². The molecule has 4 aliphatic rings. The van der Waals surface area contributed by atoms with Gasteiger partial charge >= 0.3 is 0 Å². The van der Waals surface area contributed by atoms with Crippen molar-refractivity contribution in [3.05, 3.63) is 30.3 Å². The summed E-state index contributed by atoms with van der Waals surface area (Å²) in [7, 11) is -3.20. The predicted octanol–water partition coefficient (Wildman–Crippen LogP) is 2.80. The Morgan fingerprint density at radius 3 is 2.35 bits per heavy atom. The minimum atomic E-state index is -3.20. The van der Waals surface area contributed by atoms with Gasteiger partial charge in [-0.05, 0) is 69.2 Å². The van der Waals surface area contributed by atoms with Gasteiger partial charge in [0.1, 0.15) is 0 Å². The second-order valence-corrected chi connectivity index (χ2v) is 11.1. The van der Waals surface area contributed by atoms with Crippen molar-refractivity contribution in [2.75, 3.05) is 26.2 Å². The van der Waals surface area contributed by atoms with Crippen molar-refractivity contribution in [1.29, 1.82) is 0 Å². The van der Waals surface area contributed by atoms with Crippen molar-refractivity contribution < 1.29 is 8.42 Å². The lowest BCUT2D eigenvalue weighted by molar-refractivity contribution is -0.0712. The lowest BCUT2D eigenvalue weighted by atomic mass is 9.71. The summed E-state index contributed by atoms with van der Waals surface area (Å²) in [6, 6.07) is 10.4. The van der Waals surface area contributed by atoms with E-state index in [0.29, 0.717) is 16.9 Å². The predicted molar refractivity (Wildman–Crippen MR) is 103 cm³/mol. The average molecular weight is 375 g/mol. The molecule has 5 rings (SSSR count). The molecule has 0 spiro atoms. The van der Waals surface area contributed by atoms with Crippen LogP contribution in [0, 0.1) is 11.8 Å². The molecule has 0 N–H and O–H groups in total. The van der Waals surface area contributed by atoms with Crippen molar-refractivity contribution >= 4 is 9.84 Å². The van der Waals surface area contributed by atoms with Crippen molar-refractivity contribution in [3.63, 3.8) is 0 Å². The first kappa shape index (κ1) is 17.2. The molecule has 0 aliphatic carbocycles. The molecular formula is C21H30N2O2S. The fourth-order valence-corrected chi connectivity index (χ4v) is 8.08. The van der Waals surface area contributed by atoms with E-state index in [-0.39, 0.29) is 5.25 Å². The molecule has 0 radical (unpaired) electrons. The van der Waals surface area contributed by atoms with Gasteiger partial charge in [0.2, 0.25) is 0 Å². The Bertz CT molecular complexity index is 751. The van der Waals surface area contributed by atoms with Crippen molar-refractivity contribution in [2.45, 2.75) is 60.8 Å². The van der Waals surface area contributed by atoms with E-state index in [1.807, 2.05) is 18.2 Å². The summed E-state index contributed by atoms with van der Waals surface area (Å²) < 4.78 is 26.3. The molecule has 1 aromatic rings. The van der Waals surface area contributed by atoms with E-state index in [9.17, 15) is 8.42 Å². The minimum Gasteiger partial charge on any atom is -0.300 e. The van der Waals surface area contributed by atoms with Gasteiger partial charge in [0.25, 0.3) is 0 Å². The van der Waals surface area contributed by atoms with Crippen LogP contribution in [0.2, 0.25) is 0 Å². The van der Waals surface area contributed by atoms with E-state index in [4.69, 9.17) is 0 Å². The highest BCUT2D eigenvalue weighted by molar-refractivity contribution is 7.92. The molecular weight excluding hydrogens is 344 g/mol. The van der Waals surface area contributed by atoms with Crippen LogP contribution in [0.5, 0.6) is 0 Å². The van der Waals surface area contributed by atoms with Gasteiger partial charge in [0, 0.05) is 25.2 Å². The normalized spacial score (nSPS) is 38.4. The third-order valence-corrected chi connectivity index (χ3v) is 9.75. The molecule has 4 nitrogen and oxygen atoms in total. The number of piperidine rings is 4. The Kier molecular flexibility index (Phi) is 4.37. The zero-order valence-electron chi connectivity index (χ0n) is 15.5. The molecule has 0 saturated carbocycles. The zero-order chi connectivity index (χ0) is 17.7. The van der Waals surface area contributed by atoms with Crippen LogP contribution in [-0.2, 0) is 9.84 Å².